The molecule has 0 unspecified atom stereocenters. The highest BCUT2D eigenvalue weighted by molar-refractivity contribution is 5.90. The molecule has 0 aliphatic heterocycles. The fourth-order valence-corrected chi connectivity index (χ4v) is 4.76. The molecule has 0 heterocycles. The number of nitrogens with two attached hydrogens (primary N) is 2. The van der Waals surface area contributed by atoms with E-state index in [0.717, 1.165) is 12.8 Å². The fourth-order valence-electron chi connectivity index (χ4n) is 4.76. The molecule has 4 rings (SSSR count). The van der Waals surface area contributed by atoms with E-state index in [0.29, 0.717) is 0 Å². The Labute approximate surface area is 224 Å². The zero-order chi connectivity index (χ0) is 28.0. The lowest BCUT2D eigenvalue weighted by atomic mass is 10.0. The van der Waals surface area contributed by atoms with Crippen LogP contribution in [0.3, 0.4) is 0 Å². The van der Waals surface area contributed by atoms with E-state index in [2.05, 4.69) is 10.6 Å². The molecule has 4 amide bonds. The van der Waals surface area contributed by atoms with Gasteiger partial charge < -0.3 is 22.1 Å². The molecule has 2 fully saturated rings. The van der Waals surface area contributed by atoms with Gasteiger partial charge in [0, 0.05) is 11.8 Å². The predicted octanol–water partition coefficient (Wildman–Crippen LogP) is 2.83. The molecule has 0 radical (unpaired) electrons. The highest BCUT2D eigenvalue weighted by Crippen LogP contribution is 2.48. The quantitative estimate of drug-likeness (QED) is 0.382. The second-order valence-corrected chi connectivity index (χ2v) is 11.0. The van der Waals surface area contributed by atoms with Gasteiger partial charge in [-0.05, 0) is 47.6 Å². The number of nitrogens with one attached hydrogen (secondary N) is 2. The van der Waals surface area contributed by atoms with Gasteiger partial charge in [0.15, 0.2) is 0 Å². The third kappa shape index (κ3) is 7.66. The molecule has 204 valence electrons. The molecule has 0 bridgehead atoms. The number of carbonyl (C=O) groups excluding carboxylic acids is 4. The van der Waals surface area contributed by atoms with Crippen LogP contribution in [0.1, 0.15) is 63.5 Å². The van der Waals surface area contributed by atoms with Gasteiger partial charge in [-0.2, -0.15) is 0 Å². The maximum atomic E-state index is 12.1. The molecule has 38 heavy (non-hydrogen) atoms. The smallest absolute Gasteiger partial charge is 0.240 e. The topological polar surface area (TPSA) is 144 Å². The number of hydrogen-bond donors (Lipinski definition) is 4. The Hall–Kier alpha value is -3.68. The minimum Gasteiger partial charge on any atom is -0.368 e. The van der Waals surface area contributed by atoms with Crippen molar-refractivity contribution >= 4 is 23.6 Å². The van der Waals surface area contributed by atoms with Gasteiger partial charge in [0.1, 0.15) is 12.1 Å². The van der Waals surface area contributed by atoms with Gasteiger partial charge in [-0.1, -0.05) is 88.4 Å². The van der Waals surface area contributed by atoms with Gasteiger partial charge in [-0.25, -0.2) is 0 Å². The molecule has 6 atom stereocenters. The van der Waals surface area contributed by atoms with E-state index in [1.165, 1.54) is 11.1 Å². The van der Waals surface area contributed by atoms with Crippen LogP contribution in [0.15, 0.2) is 60.7 Å². The highest BCUT2D eigenvalue weighted by Gasteiger charge is 2.45. The normalized spacial score (nSPS) is 22.9. The summed E-state index contributed by atoms with van der Waals surface area (Å²) >= 11 is 0. The number of hydrogen-bond acceptors (Lipinski definition) is 4. The fraction of sp³-hybridized carbons (Fsp3) is 0.467. The number of carbonyl (C=O) groups is 4. The lowest BCUT2D eigenvalue weighted by molar-refractivity contribution is -0.129. The number of primary amides is 2. The summed E-state index contributed by atoms with van der Waals surface area (Å²) in [5.74, 6) is -0.543. The Balaban J connectivity index is 0.000000211. The van der Waals surface area contributed by atoms with Crippen molar-refractivity contribution in [2.24, 2.45) is 35.1 Å². The molecule has 2 saturated carbocycles. The van der Waals surface area contributed by atoms with Crippen LogP contribution in [0.4, 0.5) is 0 Å². The molecule has 0 saturated heterocycles. The minimum atomic E-state index is -0.579. The summed E-state index contributed by atoms with van der Waals surface area (Å²) in [5, 5.41) is 5.53. The van der Waals surface area contributed by atoms with Crippen LogP contribution in [0.5, 0.6) is 0 Å². The Morgan fingerprint density at radius 1 is 0.632 bits per heavy atom. The lowest BCUT2D eigenvalue weighted by Gasteiger charge is -2.18. The standard InChI is InChI=1S/2C15H20N2O2/c2*1-9(2)13(14(16)18)17-15(19)12-8-11(12)10-6-4-3-5-7-10/h2*3-7,9,11-13H,8H2,1-2H3,(H2,16,18)(H,17,19)/t2*11-,12-,13+/m11/s1. The first-order valence-corrected chi connectivity index (χ1v) is 13.3. The SMILES string of the molecule is CC(C)[C@H](NC(=O)[C@@H]1C[C@@H]1c1ccccc1)C(N)=O.CC(C)[C@H](NC(=O)[C@@H]1C[C@@H]1c1ccccc1)C(N)=O. The summed E-state index contributed by atoms with van der Waals surface area (Å²) in [6.45, 7) is 7.49. The summed E-state index contributed by atoms with van der Waals surface area (Å²) in [5.41, 5.74) is 13.0. The third-order valence-corrected chi connectivity index (χ3v) is 7.25. The van der Waals surface area contributed by atoms with Crippen LogP contribution in [0.25, 0.3) is 0 Å². The van der Waals surface area contributed by atoms with Crippen LogP contribution >= 0.6 is 0 Å². The molecular formula is C30H40N4O4. The maximum absolute atomic E-state index is 12.1. The van der Waals surface area contributed by atoms with Crippen molar-refractivity contribution in [3.8, 4) is 0 Å². The zero-order valence-electron chi connectivity index (χ0n) is 22.6. The zero-order valence-corrected chi connectivity index (χ0v) is 22.6. The van der Waals surface area contributed by atoms with E-state index in [9.17, 15) is 19.2 Å². The molecular weight excluding hydrogens is 480 g/mol. The van der Waals surface area contributed by atoms with E-state index in [1.54, 1.807) is 0 Å². The van der Waals surface area contributed by atoms with E-state index >= 15 is 0 Å². The summed E-state index contributed by atoms with van der Waals surface area (Å²) in [6, 6.07) is 18.8. The second kappa shape index (κ2) is 12.7. The van der Waals surface area contributed by atoms with E-state index in [4.69, 9.17) is 11.5 Å². The van der Waals surface area contributed by atoms with Crippen molar-refractivity contribution in [1.29, 1.82) is 0 Å². The van der Waals surface area contributed by atoms with Crippen molar-refractivity contribution in [2.75, 3.05) is 0 Å². The summed E-state index contributed by atoms with van der Waals surface area (Å²) in [7, 11) is 0. The molecule has 6 N–H and O–H groups in total. The van der Waals surface area contributed by atoms with Gasteiger partial charge in [-0.3, -0.25) is 19.2 Å². The van der Waals surface area contributed by atoms with Crippen molar-refractivity contribution in [3.05, 3.63) is 71.8 Å². The molecule has 2 aliphatic rings. The van der Waals surface area contributed by atoms with E-state index < -0.39 is 23.9 Å². The van der Waals surface area contributed by atoms with Crippen LogP contribution in [0, 0.1) is 23.7 Å². The van der Waals surface area contributed by atoms with Crippen molar-refractivity contribution in [2.45, 2.75) is 64.5 Å². The average Bonchev–Trinajstić information content (AvgIpc) is 3.80. The highest BCUT2D eigenvalue weighted by atomic mass is 16.2. The van der Waals surface area contributed by atoms with Crippen LogP contribution in [-0.2, 0) is 19.2 Å². The number of amides is 4. The van der Waals surface area contributed by atoms with Gasteiger partial charge in [0.05, 0.1) is 0 Å². The Morgan fingerprint density at radius 3 is 1.21 bits per heavy atom. The monoisotopic (exact) mass is 520 g/mol. The van der Waals surface area contributed by atoms with Crippen LogP contribution in [-0.4, -0.2) is 35.7 Å². The molecule has 2 aromatic carbocycles. The summed E-state index contributed by atoms with van der Waals surface area (Å²) < 4.78 is 0. The molecule has 2 aliphatic carbocycles. The van der Waals surface area contributed by atoms with Crippen LogP contribution < -0.4 is 22.1 Å². The Kier molecular flexibility index (Phi) is 9.66. The number of rotatable bonds is 10. The van der Waals surface area contributed by atoms with Gasteiger partial charge in [0.25, 0.3) is 0 Å². The van der Waals surface area contributed by atoms with Gasteiger partial charge in [0.2, 0.25) is 23.6 Å². The minimum absolute atomic E-state index is 0.00961. The first kappa shape index (κ1) is 28.9. The van der Waals surface area contributed by atoms with Crippen molar-refractivity contribution in [3.63, 3.8) is 0 Å². The second-order valence-electron chi connectivity index (χ2n) is 11.0. The largest absolute Gasteiger partial charge is 0.368 e. The maximum Gasteiger partial charge on any atom is 0.240 e. The first-order chi connectivity index (χ1) is 18.0. The number of benzene rings is 2. The van der Waals surface area contributed by atoms with E-state index in [1.807, 2.05) is 88.4 Å². The van der Waals surface area contributed by atoms with Gasteiger partial charge in [-0.15, -0.1) is 0 Å². The molecule has 8 nitrogen and oxygen atoms in total. The molecule has 2 aromatic rings. The van der Waals surface area contributed by atoms with Crippen molar-refractivity contribution in [1.82, 2.24) is 10.6 Å². The predicted molar refractivity (Wildman–Crippen MR) is 147 cm³/mol. The molecule has 0 spiro atoms. The summed E-state index contributed by atoms with van der Waals surface area (Å²) in [4.78, 5) is 46.7. The average molecular weight is 521 g/mol. The Bertz CT molecular complexity index is 1030. The van der Waals surface area contributed by atoms with E-state index in [-0.39, 0.29) is 47.3 Å². The van der Waals surface area contributed by atoms with Crippen LogP contribution in [0.2, 0.25) is 0 Å². The third-order valence-electron chi connectivity index (χ3n) is 7.25. The Morgan fingerprint density at radius 2 is 0.947 bits per heavy atom. The first-order valence-electron chi connectivity index (χ1n) is 13.3. The molecule has 8 heteroatoms. The lowest BCUT2D eigenvalue weighted by Crippen LogP contribution is -2.48. The van der Waals surface area contributed by atoms with Gasteiger partial charge >= 0.3 is 0 Å². The summed E-state index contributed by atoms with van der Waals surface area (Å²) in [6.07, 6.45) is 1.69. The molecule has 0 aromatic heterocycles. The van der Waals surface area contributed by atoms with Crippen molar-refractivity contribution < 1.29 is 19.2 Å².